The fourth-order valence-electron chi connectivity index (χ4n) is 3.59. The molecule has 0 aliphatic carbocycles. The second kappa shape index (κ2) is 14.4. The predicted octanol–water partition coefficient (Wildman–Crippen LogP) is 9.09. The molecule has 48 heavy (non-hydrogen) atoms. The Kier molecular flexibility index (Phi) is 12.2. The maximum absolute atomic E-state index is 14.0. The van der Waals surface area contributed by atoms with E-state index in [0.29, 0.717) is 11.6 Å². The first-order valence-corrected chi connectivity index (χ1v) is 13.1. The first-order chi connectivity index (χ1) is 21.8. The van der Waals surface area contributed by atoms with Gasteiger partial charge in [-0.2, -0.15) is 57.1 Å². The highest BCUT2D eigenvalue weighted by Crippen LogP contribution is 2.61. The summed E-state index contributed by atoms with van der Waals surface area (Å²) < 4.78 is 233. The van der Waals surface area contributed by atoms with Gasteiger partial charge in [0.15, 0.2) is 12.0 Å². The number of halogens is 17. The smallest absolute Gasteiger partial charge is 0.385 e. The molecular formula is C27H21F17N2O2. The molecule has 0 aliphatic rings. The van der Waals surface area contributed by atoms with Gasteiger partial charge in [-0.3, -0.25) is 0 Å². The van der Waals surface area contributed by atoms with Crippen LogP contribution in [0.4, 0.5) is 74.6 Å². The summed E-state index contributed by atoms with van der Waals surface area (Å²) in [5.41, 5.74) is 1.24. The van der Waals surface area contributed by atoms with E-state index in [-0.39, 0.29) is 17.5 Å². The lowest BCUT2D eigenvalue weighted by atomic mass is 9.89. The van der Waals surface area contributed by atoms with Gasteiger partial charge in [0.25, 0.3) is 6.43 Å². The summed E-state index contributed by atoms with van der Waals surface area (Å²) >= 11 is 0. The second-order valence-electron chi connectivity index (χ2n) is 9.95. The van der Waals surface area contributed by atoms with Gasteiger partial charge in [-0.1, -0.05) is 37.6 Å². The lowest BCUT2D eigenvalue weighted by Crippen LogP contribution is -2.73. The van der Waals surface area contributed by atoms with Crippen molar-refractivity contribution in [1.29, 1.82) is 0 Å². The Hall–Kier alpha value is -3.68. The molecule has 270 valence electrons. The molecule has 0 saturated carbocycles. The SMILES string of the molecule is CCCCc1cnc(-c2ccc(C=CC(=O)OC(F)C(F)(F)C(F)(F)C(F)(F)C(F)(F)C(F)(F)C(F)(F)C(F)C(F)C(F)F)cc2)nc1. The van der Waals surface area contributed by atoms with Gasteiger partial charge in [0, 0.05) is 24.0 Å². The zero-order chi connectivity index (χ0) is 37.1. The number of unbranched alkanes of at least 4 members (excludes halogenated alkanes) is 1. The largest absolute Gasteiger partial charge is 0.421 e. The monoisotopic (exact) mass is 728 g/mol. The molecule has 21 heteroatoms. The van der Waals surface area contributed by atoms with E-state index in [9.17, 15) is 79.4 Å². The molecule has 0 bridgehead atoms. The average molecular weight is 728 g/mol. The van der Waals surface area contributed by atoms with E-state index >= 15 is 0 Å². The number of aryl methyl sites for hydroxylation is 1. The molecule has 1 aromatic heterocycles. The molecular weight excluding hydrogens is 707 g/mol. The molecule has 0 N–H and O–H groups in total. The maximum Gasteiger partial charge on any atom is 0.385 e. The topological polar surface area (TPSA) is 52.1 Å². The van der Waals surface area contributed by atoms with Crippen LogP contribution in [0, 0.1) is 0 Å². The predicted molar refractivity (Wildman–Crippen MR) is 132 cm³/mol. The fourth-order valence-corrected chi connectivity index (χ4v) is 3.59. The van der Waals surface area contributed by atoms with Crippen molar-refractivity contribution in [3.05, 3.63) is 53.9 Å². The number of alkyl halides is 17. The lowest BCUT2D eigenvalue weighted by molar-refractivity contribution is -0.439. The van der Waals surface area contributed by atoms with Crippen LogP contribution in [0.3, 0.4) is 0 Å². The highest BCUT2D eigenvalue weighted by molar-refractivity contribution is 5.87. The van der Waals surface area contributed by atoms with Crippen LogP contribution in [-0.4, -0.2) is 76.6 Å². The van der Waals surface area contributed by atoms with Crippen molar-refractivity contribution in [1.82, 2.24) is 9.97 Å². The zero-order valence-electron chi connectivity index (χ0n) is 23.7. The molecule has 0 aliphatic heterocycles. The molecule has 0 radical (unpaired) electrons. The van der Waals surface area contributed by atoms with Crippen LogP contribution in [0.1, 0.15) is 30.9 Å². The van der Waals surface area contributed by atoms with E-state index in [4.69, 9.17) is 0 Å². The summed E-state index contributed by atoms with van der Waals surface area (Å²) in [5.74, 6) is -50.7. The third kappa shape index (κ3) is 7.47. The summed E-state index contributed by atoms with van der Waals surface area (Å²) in [6.45, 7) is 1.98. The van der Waals surface area contributed by atoms with Crippen molar-refractivity contribution in [2.24, 2.45) is 0 Å². The van der Waals surface area contributed by atoms with E-state index in [1.165, 1.54) is 24.3 Å². The van der Waals surface area contributed by atoms with E-state index in [0.717, 1.165) is 24.8 Å². The van der Waals surface area contributed by atoms with Gasteiger partial charge in [0.05, 0.1) is 0 Å². The van der Waals surface area contributed by atoms with E-state index in [2.05, 4.69) is 14.7 Å². The van der Waals surface area contributed by atoms with Gasteiger partial charge in [0.2, 0.25) is 6.17 Å². The van der Waals surface area contributed by atoms with Gasteiger partial charge in [-0.15, -0.1) is 0 Å². The molecule has 0 amide bonds. The summed E-state index contributed by atoms with van der Waals surface area (Å²) in [6.07, 6.45) is -14.8. The number of benzene rings is 1. The van der Waals surface area contributed by atoms with Crippen LogP contribution < -0.4 is 0 Å². The average Bonchev–Trinajstić information content (AvgIpc) is 3.01. The van der Waals surface area contributed by atoms with Gasteiger partial charge in [-0.05, 0) is 30.0 Å². The fraction of sp³-hybridized carbons (Fsp3) is 0.519. The number of carbonyl (C=O) groups excluding carboxylic acids is 1. The highest BCUT2D eigenvalue weighted by atomic mass is 19.4. The van der Waals surface area contributed by atoms with Crippen LogP contribution in [0.5, 0.6) is 0 Å². The third-order valence-electron chi connectivity index (χ3n) is 6.50. The number of ether oxygens (including phenoxy) is 1. The first kappa shape index (κ1) is 40.5. The second-order valence-corrected chi connectivity index (χ2v) is 9.95. The minimum Gasteiger partial charge on any atom is -0.421 e. The van der Waals surface area contributed by atoms with Crippen molar-refractivity contribution in [3.63, 3.8) is 0 Å². The van der Waals surface area contributed by atoms with E-state index in [1.54, 1.807) is 12.4 Å². The molecule has 3 unspecified atom stereocenters. The summed E-state index contributed by atoms with van der Waals surface area (Å²) in [5, 5.41) is 0. The van der Waals surface area contributed by atoms with Gasteiger partial charge in [0.1, 0.15) is 0 Å². The maximum atomic E-state index is 14.0. The number of carbonyl (C=O) groups is 1. The first-order valence-electron chi connectivity index (χ1n) is 13.1. The Morgan fingerprint density at radius 1 is 0.750 bits per heavy atom. The molecule has 3 atom stereocenters. The Balaban J connectivity index is 2.23. The standard InChI is InChI=1S/C27H21F17N2O2/c1-2-3-4-14-11-45-20(46-12-14)15-8-5-13(6-9-15)7-10-16(47)48-21(32)23(35,36)25(39,40)27(43,44)26(41,42)24(37,38)22(33,34)18(29)17(28)19(30)31/h5-12,17-19,21H,2-4H2,1H3. The van der Waals surface area contributed by atoms with Crippen LogP contribution in [0.15, 0.2) is 42.7 Å². The van der Waals surface area contributed by atoms with Crippen molar-refractivity contribution in [3.8, 4) is 11.4 Å². The van der Waals surface area contributed by atoms with Crippen molar-refractivity contribution in [2.75, 3.05) is 0 Å². The number of hydrogen-bond donors (Lipinski definition) is 0. The summed E-state index contributed by atoms with van der Waals surface area (Å²) in [6, 6.07) is 5.14. The number of esters is 1. The van der Waals surface area contributed by atoms with E-state index in [1.807, 2.05) is 6.92 Å². The van der Waals surface area contributed by atoms with Crippen LogP contribution in [-0.2, 0) is 16.0 Å². The van der Waals surface area contributed by atoms with E-state index < -0.39 is 66.6 Å². The van der Waals surface area contributed by atoms with Crippen LogP contribution in [0.25, 0.3) is 17.5 Å². The molecule has 2 rings (SSSR count). The quantitative estimate of drug-likeness (QED) is 0.0984. The number of rotatable bonds is 16. The highest BCUT2D eigenvalue weighted by Gasteiger charge is 2.92. The summed E-state index contributed by atoms with van der Waals surface area (Å²) in [7, 11) is 0. The van der Waals surface area contributed by atoms with Gasteiger partial charge in [-0.25, -0.2) is 32.3 Å². The van der Waals surface area contributed by atoms with Crippen molar-refractivity contribution < 1.29 is 84.2 Å². The Labute approximate surface area is 259 Å². The summed E-state index contributed by atoms with van der Waals surface area (Å²) in [4.78, 5) is 20.0. The minimum atomic E-state index is -8.53. The Bertz CT molecular complexity index is 1400. The lowest BCUT2D eigenvalue weighted by Gasteiger charge is -2.42. The van der Waals surface area contributed by atoms with Crippen LogP contribution >= 0.6 is 0 Å². The number of hydrogen-bond acceptors (Lipinski definition) is 4. The molecule has 0 saturated heterocycles. The molecule has 1 aromatic carbocycles. The van der Waals surface area contributed by atoms with Crippen molar-refractivity contribution >= 4 is 12.0 Å². The zero-order valence-corrected chi connectivity index (χ0v) is 23.7. The van der Waals surface area contributed by atoms with Gasteiger partial charge >= 0.3 is 47.9 Å². The number of aromatic nitrogens is 2. The Morgan fingerprint density at radius 2 is 1.23 bits per heavy atom. The molecule has 2 aromatic rings. The molecule has 1 heterocycles. The normalized spacial score (nSPS) is 15.9. The Morgan fingerprint density at radius 3 is 1.69 bits per heavy atom. The number of nitrogens with zero attached hydrogens (tertiary/aromatic N) is 2. The minimum absolute atomic E-state index is 0.00868. The van der Waals surface area contributed by atoms with Crippen molar-refractivity contribution in [2.45, 2.75) is 86.8 Å². The van der Waals surface area contributed by atoms with Gasteiger partial charge < -0.3 is 4.74 Å². The van der Waals surface area contributed by atoms with Crippen LogP contribution in [0.2, 0.25) is 0 Å². The molecule has 4 nitrogen and oxygen atoms in total. The molecule has 0 spiro atoms. The molecule has 0 fully saturated rings. The third-order valence-corrected chi connectivity index (χ3v) is 6.50.